The van der Waals surface area contributed by atoms with Gasteiger partial charge in [-0.2, -0.15) is 0 Å². The Kier molecular flexibility index (Phi) is 7.79. The fourth-order valence-corrected chi connectivity index (χ4v) is 5.19. The molecule has 6 rings (SSSR count). The topological polar surface area (TPSA) is 102 Å². The van der Waals surface area contributed by atoms with E-state index in [9.17, 15) is 0 Å². The highest BCUT2D eigenvalue weighted by atomic mass is 17.0. The summed E-state index contributed by atoms with van der Waals surface area (Å²) in [5, 5.41) is 0. The van der Waals surface area contributed by atoms with Crippen LogP contribution in [0.15, 0.2) is 66.7 Å². The molecular weight excluding hydrogens is 508 g/mol. The van der Waals surface area contributed by atoms with Crippen LogP contribution in [-0.4, -0.2) is 18.8 Å². The number of benzene rings is 3. The van der Waals surface area contributed by atoms with E-state index in [4.69, 9.17) is 28.6 Å². The Morgan fingerprint density at radius 1 is 1.02 bits per heavy atom. The van der Waals surface area contributed by atoms with Crippen molar-refractivity contribution in [2.45, 2.75) is 58.0 Å². The first-order valence-electron chi connectivity index (χ1n) is 13.6. The predicted octanol–water partition coefficient (Wildman–Crippen LogP) is 6.83. The van der Waals surface area contributed by atoms with E-state index in [1.54, 1.807) is 0 Å². The van der Waals surface area contributed by atoms with Gasteiger partial charge in [0.15, 0.2) is 5.60 Å². The van der Waals surface area contributed by atoms with Crippen LogP contribution in [0.3, 0.4) is 0 Å². The van der Waals surface area contributed by atoms with E-state index < -0.39 is 11.7 Å². The summed E-state index contributed by atoms with van der Waals surface area (Å²) in [7, 11) is 0. The Morgan fingerprint density at radius 2 is 1.85 bits per heavy atom. The lowest BCUT2D eigenvalue weighted by Crippen LogP contribution is -2.42. The van der Waals surface area contributed by atoms with Crippen molar-refractivity contribution in [1.29, 1.82) is 0 Å². The molecule has 0 radical (unpaired) electrons. The minimum absolute atomic E-state index is 0. The van der Waals surface area contributed by atoms with E-state index in [1.807, 2.05) is 80.6 Å². The van der Waals surface area contributed by atoms with Gasteiger partial charge in [-0.1, -0.05) is 49.8 Å². The molecule has 2 unspecified atom stereocenters. The zero-order chi connectivity index (χ0) is 27.0. The number of fused-ring (bicyclic) bond motifs is 5. The van der Waals surface area contributed by atoms with Crippen LogP contribution in [0.4, 0.5) is 0 Å². The summed E-state index contributed by atoms with van der Waals surface area (Å²) >= 11 is 0. The van der Waals surface area contributed by atoms with E-state index in [-0.39, 0.29) is 18.4 Å². The number of rotatable bonds is 8. The van der Waals surface area contributed by atoms with Crippen LogP contribution >= 0.6 is 0 Å². The minimum Gasteiger partial charge on any atom is -0.493 e. The zero-order valence-electron chi connectivity index (χ0n) is 23.6. The van der Waals surface area contributed by atoms with E-state index in [0.717, 1.165) is 45.9 Å². The highest BCUT2D eigenvalue weighted by Gasteiger charge is 2.55. The summed E-state index contributed by atoms with van der Waals surface area (Å²) in [5.41, 5.74) is 5.01. The molecule has 1 saturated heterocycles. The van der Waals surface area contributed by atoms with Crippen LogP contribution < -0.4 is 30.7 Å². The maximum Gasteiger partial charge on any atom is 0.187 e. The smallest absolute Gasteiger partial charge is 0.187 e. The summed E-state index contributed by atoms with van der Waals surface area (Å²) in [5.74, 6) is 3.50. The van der Waals surface area contributed by atoms with Crippen LogP contribution in [-0.2, 0) is 21.9 Å². The second kappa shape index (κ2) is 11.1. The molecule has 0 amide bonds. The summed E-state index contributed by atoms with van der Waals surface area (Å²) in [6, 6.07) is 19.9. The van der Waals surface area contributed by atoms with Crippen molar-refractivity contribution >= 4 is 6.08 Å². The molecule has 0 aliphatic carbocycles. The molecular formula is C32H38N2O6. The number of nitrogens with one attached hydrogen (secondary N) is 1. The third kappa shape index (κ3) is 5.28. The molecule has 0 aromatic heterocycles. The molecule has 8 nitrogen and oxygen atoms in total. The van der Waals surface area contributed by atoms with Crippen LogP contribution in [0.2, 0.25) is 0 Å². The van der Waals surface area contributed by atoms with Gasteiger partial charge in [-0.05, 0) is 68.2 Å². The monoisotopic (exact) mass is 546 g/mol. The lowest BCUT2D eigenvalue weighted by Gasteiger charge is -2.38. The Hall–Kier alpha value is -3.56. The first kappa shape index (κ1) is 28.0. The molecule has 3 aromatic carbocycles. The summed E-state index contributed by atoms with van der Waals surface area (Å²) in [6.45, 7) is 9.70. The molecule has 2 atom stereocenters. The number of hydrogen-bond acceptors (Lipinski definition) is 8. The highest BCUT2D eigenvalue weighted by Crippen LogP contribution is 2.55. The van der Waals surface area contributed by atoms with Crippen molar-refractivity contribution in [1.82, 2.24) is 11.8 Å². The molecule has 0 bridgehead atoms. The zero-order valence-corrected chi connectivity index (χ0v) is 23.6. The highest BCUT2D eigenvalue weighted by molar-refractivity contribution is 5.70. The van der Waals surface area contributed by atoms with Gasteiger partial charge < -0.3 is 25.1 Å². The predicted molar refractivity (Wildman–Crippen MR) is 153 cm³/mol. The van der Waals surface area contributed by atoms with Crippen LogP contribution in [0.1, 0.15) is 62.5 Å². The molecule has 3 aliphatic rings. The molecule has 8 heteroatoms. The standard InChI is InChI=1S/C32H35NO6.H3N/c1-21(2)15-17-34-23-10-12-26(28(18-23)35-19-22-8-6-5-7-9-22)32-20-36-29-24-14-16-31(3,4)37-27(24)13-11-25(29)30(32)38-33-39-32;/h5-14,16,18,21,30,33H,15,17,19-20H2,1-4H3;1H3. The van der Waals surface area contributed by atoms with Gasteiger partial charge in [-0.15, -0.1) is 0 Å². The van der Waals surface area contributed by atoms with Crippen LogP contribution in [0.5, 0.6) is 23.0 Å². The molecule has 3 aromatic rings. The molecule has 4 N–H and O–H groups in total. The van der Waals surface area contributed by atoms with Crippen molar-refractivity contribution in [3.05, 3.63) is 89.0 Å². The second-order valence-electron chi connectivity index (χ2n) is 11.3. The number of hydrogen-bond donors (Lipinski definition) is 2. The van der Waals surface area contributed by atoms with Crippen molar-refractivity contribution < 1.29 is 28.6 Å². The van der Waals surface area contributed by atoms with Gasteiger partial charge >= 0.3 is 0 Å². The van der Waals surface area contributed by atoms with Crippen molar-refractivity contribution in [3.63, 3.8) is 0 Å². The van der Waals surface area contributed by atoms with E-state index in [2.05, 4.69) is 25.6 Å². The van der Waals surface area contributed by atoms with Crippen LogP contribution in [0.25, 0.3) is 6.08 Å². The Balaban J connectivity index is 0.00000323. The molecule has 3 heterocycles. The molecule has 0 spiro atoms. The quantitative estimate of drug-likeness (QED) is 0.317. The SMILES string of the molecule is CC(C)CCOc1ccc(C23COc4c(ccc5c4C=CC(C)(C)O5)C2ONO3)c(OCc2ccccc2)c1.N. The second-order valence-corrected chi connectivity index (χ2v) is 11.3. The maximum absolute atomic E-state index is 6.44. The average Bonchev–Trinajstić information content (AvgIpc) is 3.37. The van der Waals surface area contributed by atoms with Crippen LogP contribution in [0, 0.1) is 5.92 Å². The summed E-state index contributed by atoms with van der Waals surface area (Å²) in [6.07, 6.45) is 4.60. The normalized spacial score (nSPS) is 21.8. The van der Waals surface area contributed by atoms with E-state index in [0.29, 0.717) is 24.9 Å². The number of ether oxygens (including phenoxy) is 4. The first-order chi connectivity index (χ1) is 18.8. The lowest BCUT2D eigenvalue weighted by atomic mass is 9.81. The van der Waals surface area contributed by atoms with Crippen molar-refractivity contribution in [2.75, 3.05) is 13.2 Å². The molecule has 212 valence electrons. The van der Waals surface area contributed by atoms with Gasteiger partial charge in [0.25, 0.3) is 0 Å². The van der Waals surface area contributed by atoms with Crippen molar-refractivity contribution in [2.24, 2.45) is 5.92 Å². The van der Waals surface area contributed by atoms with E-state index >= 15 is 0 Å². The summed E-state index contributed by atoms with van der Waals surface area (Å²) in [4.78, 5) is 12.2. The molecule has 40 heavy (non-hydrogen) atoms. The Morgan fingerprint density at radius 3 is 2.65 bits per heavy atom. The van der Waals surface area contributed by atoms with Gasteiger partial charge in [-0.3, -0.25) is 9.68 Å². The Bertz CT molecular complexity index is 1370. The Labute approximate surface area is 235 Å². The fraction of sp³-hybridized carbons (Fsp3) is 0.375. The summed E-state index contributed by atoms with van der Waals surface area (Å²) < 4.78 is 25.1. The molecule has 0 saturated carbocycles. The molecule has 1 fully saturated rings. The lowest BCUT2D eigenvalue weighted by molar-refractivity contribution is -0.127. The largest absolute Gasteiger partial charge is 0.493 e. The van der Waals surface area contributed by atoms with Gasteiger partial charge in [0.1, 0.15) is 47.9 Å². The van der Waals surface area contributed by atoms with Crippen molar-refractivity contribution in [3.8, 4) is 23.0 Å². The average molecular weight is 547 g/mol. The maximum atomic E-state index is 6.44. The third-order valence-electron chi connectivity index (χ3n) is 7.35. The third-order valence-corrected chi connectivity index (χ3v) is 7.35. The van der Waals surface area contributed by atoms with Gasteiger partial charge in [0.2, 0.25) is 0 Å². The minimum atomic E-state index is -0.970. The van der Waals surface area contributed by atoms with Gasteiger partial charge in [0, 0.05) is 17.2 Å². The van der Waals surface area contributed by atoms with Gasteiger partial charge in [-0.25, -0.2) is 0 Å². The fourth-order valence-electron chi connectivity index (χ4n) is 5.19. The van der Waals surface area contributed by atoms with Gasteiger partial charge in [0.05, 0.1) is 12.2 Å². The first-order valence-corrected chi connectivity index (χ1v) is 13.6. The molecule has 3 aliphatic heterocycles. The van der Waals surface area contributed by atoms with E-state index in [1.165, 1.54) is 0 Å².